The van der Waals surface area contributed by atoms with Gasteiger partial charge in [-0.25, -0.2) is 0 Å². The Morgan fingerprint density at radius 2 is 2.04 bits per heavy atom. The van der Waals surface area contributed by atoms with Crippen molar-refractivity contribution in [3.05, 3.63) is 34.7 Å². The Labute approximate surface area is 149 Å². The van der Waals surface area contributed by atoms with Gasteiger partial charge in [0.05, 0.1) is 11.5 Å². The topological polar surface area (TPSA) is 75.7 Å². The Morgan fingerprint density at radius 3 is 2.67 bits per heavy atom. The third-order valence-corrected chi connectivity index (χ3v) is 4.87. The number of methoxy groups -OCH3 is 1. The number of benzene rings is 1. The Balaban J connectivity index is 2.02. The second-order valence-corrected chi connectivity index (χ2v) is 6.76. The lowest BCUT2D eigenvalue weighted by atomic mass is 10.2. The van der Waals surface area contributed by atoms with Gasteiger partial charge in [0.2, 0.25) is 5.91 Å². The van der Waals surface area contributed by atoms with Gasteiger partial charge in [-0.05, 0) is 41.8 Å². The number of hydrogen-bond donors (Lipinski definition) is 1. The molecule has 2 rings (SSSR count). The van der Waals surface area contributed by atoms with Gasteiger partial charge in [0.15, 0.2) is 0 Å². The van der Waals surface area contributed by atoms with E-state index in [4.69, 9.17) is 4.74 Å². The van der Waals surface area contributed by atoms with E-state index in [0.717, 1.165) is 27.1 Å². The van der Waals surface area contributed by atoms with E-state index >= 15 is 0 Å². The number of carbonyl (C=O) groups excluding carboxylic acids is 3. The van der Waals surface area contributed by atoms with E-state index in [1.54, 1.807) is 17.8 Å². The van der Waals surface area contributed by atoms with Gasteiger partial charge in [-0.3, -0.25) is 19.3 Å². The van der Waals surface area contributed by atoms with Crippen molar-refractivity contribution in [2.24, 2.45) is 0 Å². The van der Waals surface area contributed by atoms with Crippen molar-refractivity contribution in [2.75, 3.05) is 33.1 Å². The van der Waals surface area contributed by atoms with Crippen LogP contribution in [0.4, 0.5) is 4.79 Å². The number of nitrogens with one attached hydrogen (secondary N) is 1. The van der Waals surface area contributed by atoms with Gasteiger partial charge in [-0.15, -0.1) is 11.8 Å². The van der Waals surface area contributed by atoms with Crippen LogP contribution in [-0.2, 0) is 14.3 Å². The second kappa shape index (κ2) is 8.91. The molecule has 1 aliphatic rings. The number of imide groups is 1. The van der Waals surface area contributed by atoms with Crippen LogP contribution in [0.3, 0.4) is 0 Å². The highest BCUT2D eigenvalue weighted by molar-refractivity contribution is 8.18. The number of rotatable bonds is 7. The largest absolute Gasteiger partial charge is 0.383 e. The molecule has 0 aliphatic carbocycles. The summed E-state index contributed by atoms with van der Waals surface area (Å²) >= 11 is 2.47. The number of ether oxygens (including phenoxy) is 1. The van der Waals surface area contributed by atoms with E-state index in [9.17, 15) is 14.4 Å². The standard InChI is InChI=1S/C16H18N2O4S2/c1-22-8-7-17-14(19)10-18-15(20)13(24-16(18)21)9-11-3-5-12(23-2)6-4-11/h3-6,9H,7-8,10H2,1-2H3,(H,17,19)/b13-9-. The van der Waals surface area contributed by atoms with Crippen molar-refractivity contribution in [1.29, 1.82) is 0 Å². The van der Waals surface area contributed by atoms with Gasteiger partial charge in [0, 0.05) is 18.6 Å². The number of amides is 3. The van der Waals surface area contributed by atoms with Crippen LogP contribution in [0, 0.1) is 0 Å². The normalized spacial score (nSPS) is 16.1. The molecule has 24 heavy (non-hydrogen) atoms. The van der Waals surface area contributed by atoms with E-state index in [-0.39, 0.29) is 12.5 Å². The summed E-state index contributed by atoms with van der Waals surface area (Å²) in [6, 6.07) is 7.67. The first kappa shape index (κ1) is 18.6. The number of carbonyl (C=O) groups is 3. The van der Waals surface area contributed by atoms with Crippen LogP contribution in [0.5, 0.6) is 0 Å². The minimum absolute atomic E-state index is 0.281. The van der Waals surface area contributed by atoms with Crippen molar-refractivity contribution in [2.45, 2.75) is 4.90 Å². The average molecular weight is 366 g/mol. The summed E-state index contributed by atoms with van der Waals surface area (Å²) in [6.07, 6.45) is 3.65. The molecule has 1 aromatic rings. The Hall–Kier alpha value is -1.77. The monoisotopic (exact) mass is 366 g/mol. The molecule has 1 heterocycles. The maximum absolute atomic E-state index is 12.3. The van der Waals surface area contributed by atoms with Gasteiger partial charge in [0.25, 0.3) is 11.1 Å². The number of hydrogen-bond acceptors (Lipinski definition) is 6. The van der Waals surface area contributed by atoms with Crippen molar-refractivity contribution < 1.29 is 19.1 Å². The van der Waals surface area contributed by atoms with Crippen molar-refractivity contribution >= 4 is 46.7 Å². The number of thioether (sulfide) groups is 2. The van der Waals surface area contributed by atoms with Gasteiger partial charge in [0.1, 0.15) is 6.54 Å². The Morgan fingerprint density at radius 1 is 1.33 bits per heavy atom. The fraction of sp³-hybridized carbons (Fsp3) is 0.312. The highest BCUT2D eigenvalue weighted by Crippen LogP contribution is 2.32. The highest BCUT2D eigenvalue weighted by Gasteiger charge is 2.36. The fourth-order valence-electron chi connectivity index (χ4n) is 1.98. The Bertz CT molecular complexity index is 659. The van der Waals surface area contributed by atoms with Crippen molar-refractivity contribution in [1.82, 2.24) is 10.2 Å². The van der Waals surface area contributed by atoms with E-state index in [0.29, 0.717) is 18.1 Å². The molecule has 1 aromatic carbocycles. The zero-order valence-corrected chi connectivity index (χ0v) is 15.0. The van der Waals surface area contributed by atoms with Crippen LogP contribution >= 0.6 is 23.5 Å². The molecule has 0 spiro atoms. The first-order chi connectivity index (χ1) is 11.5. The smallest absolute Gasteiger partial charge is 0.294 e. The lowest BCUT2D eigenvalue weighted by Gasteiger charge is -2.12. The summed E-state index contributed by atoms with van der Waals surface area (Å²) in [5.74, 6) is -0.833. The molecule has 0 unspecified atom stereocenters. The molecule has 0 aromatic heterocycles. The molecule has 1 saturated heterocycles. The minimum Gasteiger partial charge on any atom is -0.383 e. The first-order valence-corrected chi connectivity index (χ1v) is 9.24. The van der Waals surface area contributed by atoms with E-state index in [2.05, 4.69) is 5.32 Å². The van der Waals surface area contributed by atoms with Gasteiger partial charge in [-0.1, -0.05) is 12.1 Å². The lowest BCUT2D eigenvalue weighted by Crippen LogP contribution is -2.40. The summed E-state index contributed by atoms with van der Waals surface area (Å²) in [5, 5.41) is 2.15. The molecule has 128 valence electrons. The summed E-state index contributed by atoms with van der Waals surface area (Å²) < 4.78 is 4.83. The molecule has 0 atom stereocenters. The summed E-state index contributed by atoms with van der Waals surface area (Å²) in [7, 11) is 1.53. The molecule has 0 radical (unpaired) electrons. The highest BCUT2D eigenvalue weighted by atomic mass is 32.2. The molecular formula is C16H18N2O4S2. The molecule has 3 amide bonds. The molecule has 1 fully saturated rings. The zero-order valence-electron chi connectivity index (χ0n) is 13.4. The molecular weight excluding hydrogens is 348 g/mol. The molecule has 1 aliphatic heterocycles. The lowest BCUT2D eigenvalue weighted by molar-refractivity contribution is -0.129. The predicted molar refractivity (Wildman–Crippen MR) is 95.8 cm³/mol. The van der Waals surface area contributed by atoms with Crippen LogP contribution in [0.25, 0.3) is 6.08 Å². The predicted octanol–water partition coefficient (Wildman–Crippen LogP) is 2.21. The van der Waals surface area contributed by atoms with Gasteiger partial charge in [-0.2, -0.15) is 0 Å². The SMILES string of the molecule is COCCNC(=O)CN1C(=O)S/C(=C\c2ccc(SC)cc2)C1=O. The molecule has 0 saturated carbocycles. The van der Waals surface area contributed by atoms with Crippen LogP contribution in [-0.4, -0.2) is 55.0 Å². The summed E-state index contributed by atoms with van der Waals surface area (Å²) in [5.41, 5.74) is 0.836. The quantitative estimate of drug-likeness (QED) is 0.453. The molecule has 0 bridgehead atoms. The average Bonchev–Trinajstić information content (AvgIpc) is 2.83. The first-order valence-electron chi connectivity index (χ1n) is 7.20. The van der Waals surface area contributed by atoms with Crippen LogP contribution in [0.1, 0.15) is 5.56 Å². The van der Waals surface area contributed by atoms with Crippen LogP contribution in [0.15, 0.2) is 34.1 Å². The van der Waals surface area contributed by atoms with Crippen molar-refractivity contribution in [3.63, 3.8) is 0 Å². The van der Waals surface area contributed by atoms with Gasteiger partial charge < -0.3 is 10.1 Å². The summed E-state index contributed by atoms with van der Waals surface area (Å²) in [4.78, 5) is 38.4. The third-order valence-electron chi connectivity index (χ3n) is 3.22. The van der Waals surface area contributed by atoms with E-state index in [1.807, 2.05) is 30.5 Å². The van der Waals surface area contributed by atoms with Crippen LogP contribution in [0.2, 0.25) is 0 Å². The number of nitrogens with zero attached hydrogens (tertiary/aromatic N) is 1. The Kier molecular flexibility index (Phi) is 6.89. The van der Waals surface area contributed by atoms with E-state index in [1.165, 1.54) is 7.11 Å². The third kappa shape index (κ3) is 4.86. The molecule has 6 nitrogen and oxygen atoms in total. The van der Waals surface area contributed by atoms with Crippen LogP contribution < -0.4 is 5.32 Å². The minimum atomic E-state index is -0.444. The maximum atomic E-state index is 12.3. The van der Waals surface area contributed by atoms with E-state index < -0.39 is 11.1 Å². The van der Waals surface area contributed by atoms with Gasteiger partial charge >= 0.3 is 0 Å². The zero-order chi connectivity index (χ0) is 17.5. The molecule has 8 heteroatoms. The second-order valence-electron chi connectivity index (χ2n) is 4.88. The summed E-state index contributed by atoms with van der Waals surface area (Å²) in [6.45, 7) is 0.430. The molecule has 1 N–H and O–H groups in total. The fourth-order valence-corrected chi connectivity index (χ4v) is 3.23. The maximum Gasteiger partial charge on any atom is 0.294 e. The van der Waals surface area contributed by atoms with Crippen molar-refractivity contribution in [3.8, 4) is 0 Å².